The van der Waals surface area contributed by atoms with Crippen molar-refractivity contribution in [1.82, 2.24) is 4.90 Å². The summed E-state index contributed by atoms with van der Waals surface area (Å²) in [5, 5.41) is 11.9. The highest BCUT2D eigenvalue weighted by atomic mass is 32.4. The van der Waals surface area contributed by atoms with Gasteiger partial charge in [-0.25, -0.2) is 9.59 Å². The van der Waals surface area contributed by atoms with E-state index in [1.54, 1.807) is 0 Å². The number of nitrogens with zero attached hydrogens (tertiary/aromatic N) is 1. The van der Waals surface area contributed by atoms with Crippen molar-refractivity contribution in [1.29, 1.82) is 0 Å². The number of carbonyl (C=O) groups excluding carboxylic acids is 1. The lowest BCUT2D eigenvalue weighted by molar-refractivity contribution is -0.141. The van der Waals surface area contributed by atoms with Crippen LogP contribution < -0.4 is 10.6 Å². The van der Waals surface area contributed by atoms with Gasteiger partial charge in [-0.1, -0.05) is 103 Å². The fourth-order valence-electron chi connectivity index (χ4n) is 4.18. The number of hydrogen-bond acceptors (Lipinski definition) is 4. The number of carbonyl (C=O) groups is 2. The molecule has 0 unspecified atom stereocenters. The Bertz CT molecular complexity index is 1080. The molecule has 0 spiro atoms. The lowest BCUT2D eigenvalue weighted by Crippen LogP contribution is -2.41. The Hall–Kier alpha value is -2.95. The van der Waals surface area contributed by atoms with Gasteiger partial charge in [-0.3, -0.25) is 4.90 Å². The van der Waals surface area contributed by atoms with Gasteiger partial charge >= 0.3 is 12.1 Å². The molecule has 0 bridgehead atoms. The van der Waals surface area contributed by atoms with Gasteiger partial charge in [0, 0.05) is 18.2 Å². The van der Waals surface area contributed by atoms with Gasteiger partial charge in [-0.05, 0) is 22.6 Å². The van der Waals surface area contributed by atoms with E-state index in [9.17, 15) is 14.7 Å². The van der Waals surface area contributed by atoms with E-state index in [0.29, 0.717) is 6.42 Å². The molecule has 5 nitrogen and oxygen atoms in total. The average molecular weight is 466 g/mol. The third-order valence-corrected chi connectivity index (χ3v) is 11.5. The van der Waals surface area contributed by atoms with Gasteiger partial charge in [-0.15, -0.1) is 0 Å². The maximum absolute atomic E-state index is 12.9. The van der Waals surface area contributed by atoms with Gasteiger partial charge in [0.25, 0.3) is 0 Å². The maximum atomic E-state index is 12.9. The number of rotatable bonds is 6. The molecule has 7 heteroatoms. The van der Waals surface area contributed by atoms with Crippen LogP contribution in [0, 0.1) is 0 Å². The zero-order valence-electron chi connectivity index (χ0n) is 17.4. The summed E-state index contributed by atoms with van der Waals surface area (Å²) in [6.07, 6.45) is -0.317. The Labute approximate surface area is 192 Å². The second kappa shape index (κ2) is 9.68. The van der Waals surface area contributed by atoms with E-state index < -0.39 is 24.1 Å². The molecule has 1 saturated heterocycles. The second-order valence-corrected chi connectivity index (χ2v) is 12.6. The van der Waals surface area contributed by atoms with Crippen LogP contribution in [0.5, 0.6) is 0 Å². The van der Waals surface area contributed by atoms with Gasteiger partial charge in [-0.2, -0.15) is 0 Å². The first-order valence-electron chi connectivity index (χ1n) is 10.4. The molecule has 164 valence electrons. The minimum Gasteiger partial charge on any atom is -0.480 e. The lowest BCUT2D eigenvalue weighted by atomic mass is 10.2. The molecule has 0 aromatic heterocycles. The molecule has 3 aromatic carbocycles. The molecule has 1 heterocycles. The van der Waals surface area contributed by atoms with Crippen LogP contribution in [0.15, 0.2) is 91.0 Å². The van der Waals surface area contributed by atoms with Crippen LogP contribution in [0.4, 0.5) is 4.79 Å². The van der Waals surface area contributed by atoms with Crippen molar-refractivity contribution in [2.75, 3.05) is 6.54 Å². The highest BCUT2D eigenvalue weighted by molar-refractivity contribution is 8.22. The molecule has 4 rings (SSSR count). The van der Waals surface area contributed by atoms with Crippen LogP contribution in [0.1, 0.15) is 12.0 Å². The first-order valence-corrected chi connectivity index (χ1v) is 13.3. The van der Waals surface area contributed by atoms with E-state index in [4.69, 9.17) is 16.5 Å². The fourth-order valence-corrected chi connectivity index (χ4v) is 8.65. The molecular weight excluding hydrogens is 441 g/mol. The number of hydrogen-bond donors (Lipinski definition) is 1. The van der Waals surface area contributed by atoms with E-state index >= 15 is 0 Å². The normalized spacial score (nSPS) is 18.3. The summed E-state index contributed by atoms with van der Waals surface area (Å²) in [6, 6.07) is 25.7. The summed E-state index contributed by atoms with van der Waals surface area (Å²) < 4.78 is 5.47. The zero-order valence-corrected chi connectivity index (χ0v) is 19.1. The summed E-state index contributed by atoms with van der Waals surface area (Å²) in [6.45, 7) is 0.352. The molecule has 3 aromatic rings. The zero-order chi connectivity index (χ0) is 22.6. The van der Waals surface area contributed by atoms with Gasteiger partial charge in [0.2, 0.25) is 0 Å². The molecular formula is C25H24NO4PS. The Balaban J connectivity index is 1.63. The Morgan fingerprint density at radius 2 is 1.41 bits per heavy atom. The molecule has 1 aliphatic heterocycles. The smallest absolute Gasteiger partial charge is 0.410 e. The van der Waals surface area contributed by atoms with Crippen molar-refractivity contribution < 1.29 is 19.4 Å². The molecule has 1 amide bonds. The molecule has 0 aliphatic carbocycles. The van der Waals surface area contributed by atoms with Gasteiger partial charge in [0.1, 0.15) is 12.6 Å². The minimum atomic E-state index is -2.38. The van der Waals surface area contributed by atoms with Crippen molar-refractivity contribution in [3.8, 4) is 0 Å². The average Bonchev–Trinajstić information content (AvgIpc) is 3.30. The van der Waals surface area contributed by atoms with Crippen LogP contribution in [0.25, 0.3) is 0 Å². The van der Waals surface area contributed by atoms with Crippen LogP contribution >= 0.6 is 6.04 Å². The van der Waals surface area contributed by atoms with Crippen molar-refractivity contribution in [2.24, 2.45) is 0 Å². The van der Waals surface area contributed by atoms with Crippen molar-refractivity contribution in [3.63, 3.8) is 0 Å². The van der Waals surface area contributed by atoms with Crippen LogP contribution in [0.2, 0.25) is 0 Å². The van der Waals surface area contributed by atoms with E-state index in [-0.39, 0.29) is 18.8 Å². The van der Waals surface area contributed by atoms with Gasteiger partial charge in [0.05, 0.1) is 0 Å². The molecule has 1 N–H and O–H groups in total. The van der Waals surface area contributed by atoms with Crippen LogP contribution in [-0.2, 0) is 27.9 Å². The fraction of sp³-hybridized carbons (Fsp3) is 0.200. The van der Waals surface area contributed by atoms with E-state index in [0.717, 1.165) is 16.2 Å². The molecule has 1 aliphatic rings. The number of benzene rings is 3. The number of likely N-dealkylation sites (tertiary alicyclic amines) is 1. The van der Waals surface area contributed by atoms with Gasteiger partial charge < -0.3 is 9.84 Å². The molecule has 0 saturated carbocycles. The monoisotopic (exact) mass is 465 g/mol. The Morgan fingerprint density at radius 1 is 0.906 bits per heavy atom. The quantitative estimate of drug-likeness (QED) is 0.558. The maximum Gasteiger partial charge on any atom is 0.410 e. The lowest BCUT2D eigenvalue weighted by Gasteiger charge is -2.29. The first kappa shape index (κ1) is 22.3. The second-order valence-electron chi connectivity index (χ2n) is 7.77. The van der Waals surface area contributed by atoms with Gasteiger partial charge in [0.15, 0.2) is 0 Å². The highest BCUT2D eigenvalue weighted by Gasteiger charge is 2.46. The van der Waals surface area contributed by atoms with E-state index in [2.05, 4.69) is 0 Å². The topological polar surface area (TPSA) is 66.8 Å². The SMILES string of the molecule is O=C(O)[C@@H]1C[C@H](P(=S)(c2ccccc2)c2ccccc2)CN1C(=O)OCc1ccccc1. The van der Waals surface area contributed by atoms with E-state index in [1.165, 1.54) is 4.90 Å². The van der Waals surface area contributed by atoms with Crippen molar-refractivity contribution in [2.45, 2.75) is 24.7 Å². The number of carboxylic acids is 1. The largest absolute Gasteiger partial charge is 0.480 e. The third-order valence-electron chi connectivity index (χ3n) is 5.80. The number of ether oxygens (including phenoxy) is 1. The number of amides is 1. The van der Waals surface area contributed by atoms with Crippen LogP contribution in [0.3, 0.4) is 0 Å². The molecule has 0 radical (unpaired) electrons. The van der Waals surface area contributed by atoms with Crippen LogP contribution in [-0.4, -0.2) is 40.3 Å². The van der Waals surface area contributed by atoms with Crippen molar-refractivity contribution >= 4 is 40.5 Å². The summed E-state index contributed by atoms with van der Waals surface area (Å²) in [5.41, 5.74) is 0.690. The minimum absolute atomic E-state index is 0.0959. The summed E-state index contributed by atoms with van der Waals surface area (Å²) in [5.74, 6) is -1.04. The van der Waals surface area contributed by atoms with E-state index in [1.807, 2.05) is 91.0 Å². The Kier molecular flexibility index (Phi) is 6.73. The van der Waals surface area contributed by atoms with Crippen molar-refractivity contribution in [3.05, 3.63) is 96.6 Å². The summed E-state index contributed by atoms with van der Waals surface area (Å²) >= 11 is 6.35. The molecule has 32 heavy (non-hydrogen) atoms. The highest BCUT2D eigenvalue weighted by Crippen LogP contribution is 2.53. The Morgan fingerprint density at radius 3 is 1.91 bits per heavy atom. The standard InChI is InChI=1S/C25H24NO4PS/c27-24(28)23-16-22(17-26(23)25(29)30-18-19-10-4-1-5-11-19)31(32,20-12-6-2-7-13-20)21-14-8-3-9-15-21/h1-15,22-23H,16-18H2,(H,27,28)/t22-,23-/m0/s1. The first-order chi connectivity index (χ1) is 15.5. The summed E-state index contributed by atoms with van der Waals surface area (Å²) in [7, 11) is 0. The number of aliphatic carboxylic acids is 1. The number of carboxylic acid groups (broad SMARTS) is 1. The molecule has 1 fully saturated rings. The predicted molar refractivity (Wildman–Crippen MR) is 130 cm³/mol. The summed E-state index contributed by atoms with van der Waals surface area (Å²) in [4.78, 5) is 26.3. The predicted octanol–water partition coefficient (Wildman–Crippen LogP) is 3.98. The molecule has 2 atom stereocenters. The third kappa shape index (κ3) is 4.47.